The third-order valence-electron chi connectivity index (χ3n) is 8.26. The molecule has 0 heterocycles. The number of anilines is 6. The van der Waals surface area contributed by atoms with E-state index in [2.05, 4.69) is 175 Å². The van der Waals surface area contributed by atoms with Gasteiger partial charge in [0.1, 0.15) is 11.5 Å². The average Bonchev–Trinajstić information content (AvgIpc) is 3.13. The molecular weight excluding hydrogens is 572 g/mol. The fourth-order valence-electron chi connectivity index (χ4n) is 5.75. The van der Waals surface area contributed by atoms with Crippen molar-refractivity contribution in [2.75, 3.05) is 9.80 Å². The van der Waals surface area contributed by atoms with Crippen LogP contribution < -0.4 is 14.5 Å². The Morgan fingerprint density at radius 3 is 0.957 bits per heavy atom. The van der Waals surface area contributed by atoms with Gasteiger partial charge in [-0.15, -0.1) is 0 Å². The first kappa shape index (κ1) is 29.6. The van der Waals surface area contributed by atoms with Crippen molar-refractivity contribution in [3.63, 3.8) is 0 Å². The molecule has 0 spiro atoms. The Morgan fingerprint density at radius 2 is 0.574 bits per heavy atom. The highest BCUT2D eigenvalue weighted by Gasteiger charge is 2.15. The van der Waals surface area contributed by atoms with Crippen LogP contribution >= 0.6 is 0 Å². The number of benzene rings is 7. The van der Waals surface area contributed by atoms with E-state index in [0.717, 1.165) is 51.2 Å². The van der Waals surface area contributed by atoms with Gasteiger partial charge in [0.05, 0.1) is 0 Å². The predicted octanol–water partition coefficient (Wildman–Crippen LogP) is 12.7. The molecule has 47 heavy (non-hydrogen) atoms. The lowest BCUT2D eigenvalue weighted by atomic mass is 10.0. The topological polar surface area (TPSA) is 15.7 Å². The number of para-hydroxylation sites is 2. The molecule has 0 N–H and O–H groups in total. The monoisotopic (exact) mass is 608 g/mol. The average molecular weight is 609 g/mol. The molecule has 0 aromatic heterocycles. The molecule has 0 bridgehead atoms. The van der Waals surface area contributed by atoms with E-state index in [0.29, 0.717) is 0 Å². The van der Waals surface area contributed by atoms with Gasteiger partial charge >= 0.3 is 0 Å². The largest absolute Gasteiger partial charge is 0.457 e. The van der Waals surface area contributed by atoms with Gasteiger partial charge in [0.15, 0.2) is 0 Å². The fraction of sp³-hybridized carbons (Fsp3) is 0.0455. The Balaban J connectivity index is 1.15. The molecule has 7 rings (SSSR count). The highest BCUT2D eigenvalue weighted by atomic mass is 16.5. The van der Waals surface area contributed by atoms with Crippen LogP contribution in [-0.4, -0.2) is 0 Å². The Labute approximate surface area is 277 Å². The van der Waals surface area contributed by atoms with E-state index in [1.807, 2.05) is 30.3 Å². The Morgan fingerprint density at radius 1 is 0.298 bits per heavy atom. The van der Waals surface area contributed by atoms with E-state index in [4.69, 9.17) is 4.74 Å². The summed E-state index contributed by atoms with van der Waals surface area (Å²) in [5.41, 5.74) is 11.4. The summed E-state index contributed by atoms with van der Waals surface area (Å²) in [5.74, 6) is 1.63. The van der Waals surface area contributed by atoms with Crippen LogP contribution in [0.3, 0.4) is 0 Å². The number of ether oxygens (including phenoxy) is 1. The van der Waals surface area contributed by atoms with E-state index < -0.39 is 0 Å². The van der Waals surface area contributed by atoms with Crippen LogP contribution in [0.2, 0.25) is 0 Å². The van der Waals surface area contributed by atoms with Gasteiger partial charge in [0, 0.05) is 34.1 Å². The Bertz CT molecular complexity index is 2020. The van der Waals surface area contributed by atoms with Crippen LogP contribution in [0.15, 0.2) is 182 Å². The zero-order valence-corrected chi connectivity index (χ0v) is 26.6. The number of aryl methyl sites for hydroxylation is 2. The van der Waals surface area contributed by atoms with Crippen LogP contribution in [0, 0.1) is 13.8 Å². The standard InChI is InChI=1S/C44H36N2O/c1-33-13-21-39(22-14-33)45(37-9-5-3-6-10-37)40-23-17-35(18-24-40)36-19-25-41(26-20-36)46(38-11-7-4-8-12-38)42-27-31-44(32-28-42)47-43-29-15-34(2)16-30-43/h3-32H,1-2H3. The quantitative estimate of drug-likeness (QED) is 0.162. The molecule has 0 saturated carbocycles. The summed E-state index contributed by atoms with van der Waals surface area (Å²) in [5, 5.41) is 0. The maximum absolute atomic E-state index is 6.10. The summed E-state index contributed by atoms with van der Waals surface area (Å²) >= 11 is 0. The third kappa shape index (κ3) is 6.80. The van der Waals surface area contributed by atoms with Gasteiger partial charge in [0.25, 0.3) is 0 Å². The summed E-state index contributed by atoms with van der Waals surface area (Å²) in [7, 11) is 0. The molecule has 0 aliphatic carbocycles. The first-order valence-corrected chi connectivity index (χ1v) is 15.9. The normalized spacial score (nSPS) is 10.8. The van der Waals surface area contributed by atoms with Gasteiger partial charge < -0.3 is 14.5 Å². The Hall–Kier alpha value is -6.06. The van der Waals surface area contributed by atoms with E-state index >= 15 is 0 Å². The van der Waals surface area contributed by atoms with Gasteiger partial charge in [-0.3, -0.25) is 0 Å². The molecule has 0 aliphatic heterocycles. The van der Waals surface area contributed by atoms with Gasteiger partial charge in [-0.1, -0.05) is 96.1 Å². The fourth-order valence-corrected chi connectivity index (χ4v) is 5.75. The first-order chi connectivity index (χ1) is 23.1. The summed E-state index contributed by atoms with van der Waals surface area (Å²) < 4.78 is 6.10. The molecule has 0 amide bonds. The number of hydrogen-bond acceptors (Lipinski definition) is 3. The van der Waals surface area contributed by atoms with Crippen LogP contribution in [0.5, 0.6) is 11.5 Å². The van der Waals surface area contributed by atoms with Crippen molar-refractivity contribution in [1.82, 2.24) is 0 Å². The molecule has 0 aliphatic rings. The SMILES string of the molecule is Cc1ccc(Oc2ccc(N(c3ccccc3)c3ccc(-c4ccc(N(c5ccccc5)c5ccc(C)cc5)cc4)cc3)cc2)cc1. The van der Waals surface area contributed by atoms with Crippen molar-refractivity contribution < 1.29 is 4.74 Å². The van der Waals surface area contributed by atoms with Crippen molar-refractivity contribution >= 4 is 34.1 Å². The summed E-state index contributed by atoms with van der Waals surface area (Å²) in [4.78, 5) is 4.56. The zero-order valence-electron chi connectivity index (χ0n) is 26.6. The minimum atomic E-state index is 0.803. The molecule has 3 heteroatoms. The number of nitrogens with zero attached hydrogens (tertiary/aromatic N) is 2. The molecule has 3 nitrogen and oxygen atoms in total. The van der Waals surface area contributed by atoms with E-state index in [1.54, 1.807) is 0 Å². The molecule has 7 aromatic rings. The second-order valence-electron chi connectivity index (χ2n) is 11.7. The maximum atomic E-state index is 6.10. The molecule has 228 valence electrons. The highest BCUT2D eigenvalue weighted by Crippen LogP contribution is 2.38. The number of hydrogen-bond donors (Lipinski definition) is 0. The lowest BCUT2D eigenvalue weighted by molar-refractivity contribution is 0.482. The molecule has 0 radical (unpaired) electrons. The van der Waals surface area contributed by atoms with Crippen LogP contribution in [0.25, 0.3) is 11.1 Å². The van der Waals surface area contributed by atoms with Gasteiger partial charge in [-0.2, -0.15) is 0 Å². The lowest BCUT2D eigenvalue weighted by Crippen LogP contribution is -2.10. The smallest absolute Gasteiger partial charge is 0.127 e. The molecule has 0 unspecified atom stereocenters. The van der Waals surface area contributed by atoms with Crippen LogP contribution in [0.1, 0.15) is 11.1 Å². The Kier molecular flexibility index (Phi) is 8.52. The van der Waals surface area contributed by atoms with Crippen molar-refractivity contribution in [1.29, 1.82) is 0 Å². The minimum Gasteiger partial charge on any atom is -0.457 e. The molecule has 0 fully saturated rings. The maximum Gasteiger partial charge on any atom is 0.127 e. The van der Waals surface area contributed by atoms with Crippen molar-refractivity contribution in [2.45, 2.75) is 13.8 Å². The number of rotatable bonds is 9. The third-order valence-corrected chi connectivity index (χ3v) is 8.26. The summed E-state index contributed by atoms with van der Waals surface area (Å²) in [6.07, 6.45) is 0. The predicted molar refractivity (Wildman–Crippen MR) is 197 cm³/mol. The summed E-state index contributed by atoms with van der Waals surface area (Å²) in [6, 6.07) is 63.6. The zero-order chi connectivity index (χ0) is 32.0. The minimum absolute atomic E-state index is 0.803. The molecule has 7 aromatic carbocycles. The highest BCUT2D eigenvalue weighted by molar-refractivity contribution is 5.80. The van der Waals surface area contributed by atoms with Gasteiger partial charge in [-0.25, -0.2) is 0 Å². The second kappa shape index (κ2) is 13.5. The van der Waals surface area contributed by atoms with Crippen LogP contribution in [-0.2, 0) is 0 Å². The van der Waals surface area contributed by atoms with E-state index in [9.17, 15) is 0 Å². The van der Waals surface area contributed by atoms with E-state index in [-0.39, 0.29) is 0 Å². The molecule has 0 saturated heterocycles. The van der Waals surface area contributed by atoms with Crippen molar-refractivity contribution in [2.24, 2.45) is 0 Å². The summed E-state index contributed by atoms with van der Waals surface area (Å²) in [6.45, 7) is 4.19. The van der Waals surface area contributed by atoms with Gasteiger partial charge in [0.2, 0.25) is 0 Å². The molecular formula is C44H36N2O. The second-order valence-corrected chi connectivity index (χ2v) is 11.7. The lowest BCUT2D eigenvalue weighted by Gasteiger charge is -2.26. The van der Waals surface area contributed by atoms with Crippen molar-refractivity contribution in [3.8, 4) is 22.6 Å². The van der Waals surface area contributed by atoms with Gasteiger partial charge in [-0.05, 0) is 122 Å². The molecule has 0 atom stereocenters. The van der Waals surface area contributed by atoms with Crippen molar-refractivity contribution in [3.05, 3.63) is 193 Å². The first-order valence-electron chi connectivity index (χ1n) is 15.9. The van der Waals surface area contributed by atoms with E-state index in [1.165, 1.54) is 16.7 Å². The van der Waals surface area contributed by atoms with Crippen LogP contribution in [0.4, 0.5) is 34.1 Å².